The molecule has 3 aromatic rings. The Labute approximate surface area is 166 Å². The molecule has 0 radical (unpaired) electrons. The molecular formula is C21H21BrN4O. The third-order valence-electron chi connectivity index (χ3n) is 4.50. The van der Waals surface area contributed by atoms with Crippen molar-refractivity contribution in [3.8, 4) is 6.07 Å². The second-order valence-electron chi connectivity index (χ2n) is 7.08. The number of allylic oxidation sites excluding steroid dienone is 1. The summed E-state index contributed by atoms with van der Waals surface area (Å²) in [4.78, 5) is 19.6. The Kier molecular flexibility index (Phi) is 5.33. The Bertz CT molecular complexity index is 1150. The summed E-state index contributed by atoms with van der Waals surface area (Å²) in [5, 5.41) is 10.2. The van der Waals surface area contributed by atoms with Gasteiger partial charge in [-0.05, 0) is 55.7 Å². The van der Waals surface area contributed by atoms with Crippen LogP contribution in [0.4, 0.5) is 0 Å². The summed E-state index contributed by atoms with van der Waals surface area (Å²) in [5.74, 6) is 0.811. The van der Waals surface area contributed by atoms with Crippen LogP contribution in [0, 0.1) is 31.1 Å². The molecule has 0 atom stereocenters. The van der Waals surface area contributed by atoms with Crippen molar-refractivity contribution >= 4 is 38.5 Å². The molecular weight excluding hydrogens is 404 g/mol. The van der Waals surface area contributed by atoms with E-state index < -0.39 is 0 Å². The average molecular weight is 425 g/mol. The molecule has 0 fully saturated rings. The number of hydrogen-bond donors (Lipinski definition) is 1. The van der Waals surface area contributed by atoms with E-state index >= 15 is 0 Å². The molecule has 0 aliphatic heterocycles. The molecule has 6 heteroatoms. The van der Waals surface area contributed by atoms with Gasteiger partial charge in [-0.15, -0.1) is 0 Å². The highest BCUT2D eigenvalue weighted by atomic mass is 79.9. The second-order valence-corrected chi connectivity index (χ2v) is 7.99. The van der Waals surface area contributed by atoms with Crippen molar-refractivity contribution in [3.63, 3.8) is 0 Å². The normalized spacial score (nSPS) is 12.0. The lowest BCUT2D eigenvalue weighted by atomic mass is 10.1. The topological polar surface area (TPSA) is 74.5 Å². The van der Waals surface area contributed by atoms with Crippen LogP contribution in [0.3, 0.4) is 0 Å². The minimum absolute atomic E-state index is 0.261. The maximum Gasteiger partial charge on any atom is 0.259 e. The SMILES string of the molecule is Cc1cc(C=C(C#N)c2nc3ccc(Br)cc3c(=O)[nH]2)c(C)n1CC(C)C. The number of H-pyrrole nitrogens is 1. The van der Waals surface area contributed by atoms with Crippen molar-refractivity contribution in [1.29, 1.82) is 5.26 Å². The van der Waals surface area contributed by atoms with E-state index in [1.807, 2.05) is 13.0 Å². The molecule has 5 nitrogen and oxygen atoms in total. The van der Waals surface area contributed by atoms with Gasteiger partial charge >= 0.3 is 0 Å². The predicted molar refractivity (Wildman–Crippen MR) is 112 cm³/mol. The van der Waals surface area contributed by atoms with Gasteiger partial charge in [0.15, 0.2) is 5.82 Å². The van der Waals surface area contributed by atoms with Gasteiger partial charge in [0.25, 0.3) is 5.56 Å². The lowest BCUT2D eigenvalue weighted by molar-refractivity contribution is 0.509. The summed E-state index contributed by atoms with van der Waals surface area (Å²) in [7, 11) is 0. The summed E-state index contributed by atoms with van der Waals surface area (Å²) in [6.45, 7) is 9.39. The number of aromatic nitrogens is 3. The zero-order valence-electron chi connectivity index (χ0n) is 15.8. The monoisotopic (exact) mass is 424 g/mol. The van der Waals surface area contributed by atoms with E-state index in [0.717, 1.165) is 28.0 Å². The lowest BCUT2D eigenvalue weighted by Crippen LogP contribution is -2.11. The van der Waals surface area contributed by atoms with Gasteiger partial charge in [-0.3, -0.25) is 4.79 Å². The number of nitrogens with one attached hydrogen (secondary N) is 1. The van der Waals surface area contributed by atoms with Crippen LogP contribution in [0.5, 0.6) is 0 Å². The Morgan fingerprint density at radius 1 is 1.37 bits per heavy atom. The molecule has 0 aliphatic rings. The van der Waals surface area contributed by atoms with Gasteiger partial charge in [-0.25, -0.2) is 4.98 Å². The number of nitriles is 1. The Balaban J connectivity index is 2.11. The predicted octanol–water partition coefficient (Wildman–Crippen LogP) is 4.82. The van der Waals surface area contributed by atoms with Crippen LogP contribution in [0.2, 0.25) is 0 Å². The van der Waals surface area contributed by atoms with Crippen molar-refractivity contribution < 1.29 is 0 Å². The zero-order chi connectivity index (χ0) is 19.7. The molecule has 27 heavy (non-hydrogen) atoms. The molecule has 1 aromatic carbocycles. The van der Waals surface area contributed by atoms with Crippen LogP contribution < -0.4 is 5.56 Å². The van der Waals surface area contributed by atoms with Gasteiger partial charge in [-0.1, -0.05) is 29.8 Å². The summed E-state index contributed by atoms with van der Waals surface area (Å²) in [5.41, 5.74) is 3.84. The van der Waals surface area contributed by atoms with Crippen LogP contribution in [-0.4, -0.2) is 14.5 Å². The Morgan fingerprint density at radius 3 is 2.78 bits per heavy atom. The Morgan fingerprint density at radius 2 is 2.11 bits per heavy atom. The first-order valence-electron chi connectivity index (χ1n) is 8.78. The van der Waals surface area contributed by atoms with Crippen molar-refractivity contribution in [2.45, 2.75) is 34.2 Å². The largest absolute Gasteiger partial charge is 0.348 e. The fourth-order valence-electron chi connectivity index (χ4n) is 3.17. The van der Waals surface area contributed by atoms with Gasteiger partial charge in [0.1, 0.15) is 6.07 Å². The fourth-order valence-corrected chi connectivity index (χ4v) is 3.53. The number of benzene rings is 1. The zero-order valence-corrected chi connectivity index (χ0v) is 17.4. The molecule has 1 N–H and O–H groups in total. The maximum atomic E-state index is 12.4. The summed E-state index contributed by atoms with van der Waals surface area (Å²) < 4.78 is 3.06. The molecule has 0 saturated carbocycles. The summed E-state index contributed by atoms with van der Waals surface area (Å²) in [6.07, 6.45) is 1.79. The second kappa shape index (κ2) is 7.53. The minimum Gasteiger partial charge on any atom is -0.348 e. The third kappa shape index (κ3) is 3.88. The number of aryl methyl sites for hydroxylation is 1. The highest BCUT2D eigenvalue weighted by Gasteiger charge is 2.13. The molecule has 0 amide bonds. The first-order chi connectivity index (χ1) is 12.8. The minimum atomic E-state index is -0.261. The number of hydrogen-bond acceptors (Lipinski definition) is 3. The molecule has 3 rings (SSSR count). The van der Waals surface area contributed by atoms with E-state index in [4.69, 9.17) is 0 Å². The lowest BCUT2D eigenvalue weighted by Gasteiger charge is -2.12. The highest BCUT2D eigenvalue weighted by Crippen LogP contribution is 2.23. The van der Waals surface area contributed by atoms with E-state index in [1.165, 1.54) is 0 Å². The molecule has 2 heterocycles. The maximum absolute atomic E-state index is 12.4. The van der Waals surface area contributed by atoms with Gasteiger partial charge in [0.05, 0.1) is 16.5 Å². The number of aromatic amines is 1. The standard InChI is InChI=1S/C21H21BrN4O/c1-12(2)11-26-13(3)7-15(14(26)4)8-16(10-23)20-24-19-6-5-17(22)9-18(19)21(27)25-20/h5-9,12H,11H2,1-4H3,(H,24,25,27). The first-order valence-corrected chi connectivity index (χ1v) is 9.58. The van der Waals surface area contributed by atoms with Gasteiger partial charge in [0, 0.05) is 22.4 Å². The third-order valence-corrected chi connectivity index (χ3v) is 5.00. The number of nitrogens with zero attached hydrogens (tertiary/aromatic N) is 3. The van der Waals surface area contributed by atoms with Crippen molar-refractivity contribution in [1.82, 2.24) is 14.5 Å². The number of fused-ring (bicyclic) bond motifs is 1. The quantitative estimate of drug-likeness (QED) is 0.609. The van der Waals surface area contributed by atoms with E-state index in [0.29, 0.717) is 22.4 Å². The van der Waals surface area contributed by atoms with Crippen molar-refractivity contribution in [2.75, 3.05) is 0 Å². The van der Waals surface area contributed by atoms with Crippen LogP contribution in [0.25, 0.3) is 22.6 Å². The van der Waals surface area contributed by atoms with Gasteiger partial charge in [-0.2, -0.15) is 5.26 Å². The molecule has 0 bridgehead atoms. The molecule has 138 valence electrons. The van der Waals surface area contributed by atoms with E-state index in [1.54, 1.807) is 18.2 Å². The van der Waals surface area contributed by atoms with E-state index in [9.17, 15) is 10.1 Å². The molecule has 0 aliphatic carbocycles. The van der Waals surface area contributed by atoms with Crippen LogP contribution in [0.15, 0.2) is 33.5 Å². The van der Waals surface area contributed by atoms with Gasteiger partial charge in [0.2, 0.25) is 0 Å². The molecule has 0 spiro atoms. The molecule has 0 saturated heterocycles. The highest BCUT2D eigenvalue weighted by molar-refractivity contribution is 9.10. The molecule has 2 aromatic heterocycles. The Hall–Kier alpha value is -2.65. The van der Waals surface area contributed by atoms with Crippen LogP contribution in [-0.2, 0) is 6.54 Å². The van der Waals surface area contributed by atoms with Crippen molar-refractivity contribution in [2.24, 2.45) is 5.92 Å². The van der Waals surface area contributed by atoms with E-state index in [2.05, 4.69) is 63.4 Å². The number of halogens is 1. The van der Waals surface area contributed by atoms with Crippen LogP contribution >= 0.6 is 15.9 Å². The van der Waals surface area contributed by atoms with E-state index in [-0.39, 0.29) is 11.4 Å². The van der Waals surface area contributed by atoms with Gasteiger partial charge < -0.3 is 9.55 Å². The van der Waals surface area contributed by atoms with Crippen LogP contribution in [0.1, 0.15) is 36.6 Å². The number of rotatable bonds is 4. The molecule has 0 unspecified atom stereocenters. The first kappa shape index (κ1) is 19.1. The average Bonchev–Trinajstić information content (AvgIpc) is 2.87. The summed E-state index contributed by atoms with van der Waals surface area (Å²) >= 11 is 3.36. The fraction of sp³-hybridized carbons (Fsp3) is 0.286. The van der Waals surface area contributed by atoms with Crippen molar-refractivity contribution in [3.05, 3.63) is 61.9 Å². The summed E-state index contributed by atoms with van der Waals surface area (Å²) in [6, 6.07) is 9.55. The smallest absolute Gasteiger partial charge is 0.259 e.